The number of ether oxygens (including phenoxy) is 2. The number of hydrogen-bond donors (Lipinski definition) is 1. The lowest BCUT2D eigenvalue weighted by molar-refractivity contribution is -0.0454. The predicted molar refractivity (Wildman–Crippen MR) is 68.3 cm³/mol. The molecule has 2 fully saturated rings. The summed E-state index contributed by atoms with van der Waals surface area (Å²) < 4.78 is 11.2. The monoisotopic (exact) mass is 242 g/mol. The number of piperidine rings is 1. The third-order valence-corrected chi connectivity index (χ3v) is 4.01. The van der Waals surface area contributed by atoms with E-state index in [0.29, 0.717) is 6.04 Å². The third kappa shape index (κ3) is 3.41. The Bertz CT molecular complexity index is 227. The molecule has 0 spiro atoms. The average molecular weight is 242 g/mol. The molecule has 4 nitrogen and oxygen atoms in total. The van der Waals surface area contributed by atoms with Crippen molar-refractivity contribution in [2.75, 3.05) is 46.5 Å². The number of nitrogens with zero attached hydrogens (tertiary/aromatic N) is 1. The molecule has 2 unspecified atom stereocenters. The summed E-state index contributed by atoms with van der Waals surface area (Å²) in [5.41, 5.74) is -0.0475. The van der Waals surface area contributed by atoms with Crippen molar-refractivity contribution in [1.82, 2.24) is 10.2 Å². The molecule has 17 heavy (non-hydrogen) atoms. The van der Waals surface area contributed by atoms with Crippen LogP contribution in [-0.4, -0.2) is 63.0 Å². The summed E-state index contributed by atoms with van der Waals surface area (Å²) in [6.45, 7) is 8.22. The summed E-state index contributed by atoms with van der Waals surface area (Å²) in [7, 11) is 1.82. The highest BCUT2D eigenvalue weighted by Crippen LogP contribution is 2.25. The lowest BCUT2D eigenvalue weighted by Gasteiger charge is -2.38. The minimum atomic E-state index is -0.0475. The summed E-state index contributed by atoms with van der Waals surface area (Å²) in [6, 6.07) is 0.657. The van der Waals surface area contributed by atoms with Crippen LogP contribution in [0.1, 0.15) is 26.2 Å². The molecule has 2 aliphatic heterocycles. The standard InChI is InChI=1S/C13H26N2O2/c1-3-14-12-5-4-7-15(9-12)10-13(16-2)6-8-17-11-13/h12,14H,3-11H2,1-2H3. The van der Waals surface area contributed by atoms with Gasteiger partial charge >= 0.3 is 0 Å². The number of hydrogen-bond acceptors (Lipinski definition) is 4. The molecule has 4 heteroatoms. The highest BCUT2D eigenvalue weighted by Gasteiger charge is 2.37. The predicted octanol–water partition coefficient (Wildman–Crippen LogP) is 0.866. The summed E-state index contributed by atoms with van der Waals surface area (Å²) in [5, 5.41) is 3.56. The zero-order valence-corrected chi connectivity index (χ0v) is 11.2. The maximum absolute atomic E-state index is 5.71. The van der Waals surface area contributed by atoms with Gasteiger partial charge in [-0.05, 0) is 25.9 Å². The van der Waals surface area contributed by atoms with Crippen LogP contribution >= 0.6 is 0 Å². The quantitative estimate of drug-likeness (QED) is 0.775. The van der Waals surface area contributed by atoms with Crippen LogP contribution in [0.25, 0.3) is 0 Å². The van der Waals surface area contributed by atoms with Crippen molar-refractivity contribution >= 4 is 0 Å². The molecule has 0 aromatic rings. The van der Waals surface area contributed by atoms with Crippen molar-refractivity contribution in [3.8, 4) is 0 Å². The van der Waals surface area contributed by atoms with Gasteiger partial charge in [-0.2, -0.15) is 0 Å². The summed E-state index contributed by atoms with van der Waals surface area (Å²) >= 11 is 0. The van der Waals surface area contributed by atoms with Gasteiger partial charge < -0.3 is 14.8 Å². The zero-order valence-electron chi connectivity index (χ0n) is 11.2. The summed E-state index contributed by atoms with van der Waals surface area (Å²) in [4.78, 5) is 2.54. The van der Waals surface area contributed by atoms with Crippen LogP contribution in [-0.2, 0) is 9.47 Å². The maximum atomic E-state index is 5.71. The second-order valence-corrected chi connectivity index (χ2v) is 5.32. The van der Waals surface area contributed by atoms with Gasteiger partial charge in [0.05, 0.1) is 6.61 Å². The highest BCUT2D eigenvalue weighted by atomic mass is 16.5. The molecule has 100 valence electrons. The lowest BCUT2D eigenvalue weighted by atomic mass is 9.99. The Labute approximate surface area is 105 Å². The Hall–Kier alpha value is -0.160. The van der Waals surface area contributed by atoms with Gasteiger partial charge in [0.1, 0.15) is 5.60 Å². The molecule has 2 atom stereocenters. The van der Waals surface area contributed by atoms with Crippen LogP contribution in [0.4, 0.5) is 0 Å². The van der Waals surface area contributed by atoms with E-state index in [1.165, 1.54) is 19.4 Å². The van der Waals surface area contributed by atoms with Crippen LogP contribution in [0.3, 0.4) is 0 Å². The number of rotatable bonds is 5. The number of likely N-dealkylation sites (tertiary alicyclic amines) is 1. The van der Waals surface area contributed by atoms with Crippen molar-refractivity contribution in [3.05, 3.63) is 0 Å². The first-order valence-corrected chi connectivity index (χ1v) is 6.86. The Morgan fingerprint density at radius 1 is 1.53 bits per heavy atom. The fourth-order valence-corrected chi connectivity index (χ4v) is 3.00. The molecule has 2 saturated heterocycles. The first-order chi connectivity index (χ1) is 8.28. The van der Waals surface area contributed by atoms with Crippen LogP contribution in [0, 0.1) is 0 Å². The summed E-state index contributed by atoms with van der Waals surface area (Å²) in [6.07, 6.45) is 3.63. The molecule has 0 radical (unpaired) electrons. The molecule has 2 heterocycles. The van der Waals surface area contributed by atoms with Crippen LogP contribution in [0.2, 0.25) is 0 Å². The van der Waals surface area contributed by atoms with Gasteiger partial charge in [0.2, 0.25) is 0 Å². The smallest absolute Gasteiger partial charge is 0.106 e. The SMILES string of the molecule is CCNC1CCCN(CC2(OC)CCOC2)C1. The Morgan fingerprint density at radius 2 is 2.41 bits per heavy atom. The minimum absolute atomic E-state index is 0.0475. The van der Waals surface area contributed by atoms with Crippen molar-refractivity contribution in [3.63, 3.8) is 0 Å². The Balaban J connectivity index is 1.85. The molecular formula is C13H26N2O2. The van der Waals surface area contributed by atoms with Crippen LogP contribution < -0.4 is 5.32 Å². The van der Waals surface area contributed by atoms with Gasteiger partial charge in [-0.1, -0.05) is 6.92 Å². The van der Waals surface area contributed by atoms with E-state index in [2.05, 4.69) is 17.1 Å². The molecule has 0 saturated carbocycles. The average Bonchev–Trinajstić information content (AvgIpc) is 2.79. The van der Waals surface area contributed by atoms with E-state index in [1.54, 1.807) is 0 Å². The molecule has 0 amide bonds. The van der Waals surface area contributed by atoms with E-state index in [-0.39, 0.29) is 5.60 Å². The summed E-state index contributed by atoms with van der Waals surface area (Å²) in [5.74, 6) is 0. The van der Waals surface area contributed by atoms with Gasteiger partial charge in [-0.3, -0.25) is 4.90 Å². The molecule has 0 bridgehead atoms. The number of methoxy groups -OCH3 is 1. The van der Waals surface area contributed by atoms with Gasteiger partial charge in [0.15, 0.2) is 0 Å². The molecule has 2 aliphatic rings. The van der Waals surface area contributed by atoms with Crippen LogP contribution in [0.15, 0.2) is 0 Å². The van der Waals surface area contributed by atoms with Crippen molar-refractivity contribution in [2.45, 2.75) is 37.8 Å². The van der Waals surface area contributed by atoms with Gasteiger partial charge in [-0.15, -0.1) is 0 Å². The van der Waals surface area contributed by atoms with E-state index in [4.69, 9.17) is 9.47 Å². The van der Waals surface area contributed by atoms with Gasteiger partial charge in [-0.25, -0.2) is 0 Å². The van der Waals surface area contributed by atoms with E-state index in [9.17, 15) is 0 Å². The van der Waals surface area contributed by atoms with Gasteiger partial charge in [0, 0.05) is 39.3 Å². The van der Waals surface area contributed by atoms with E-state index in [1.807, 2.05) is 7.11 Å². The first kappa shape index (κ1) is 13.3. The topological polar surface area (TPSA) is 33.7 Å². The van der Waals surface area contributed by atoms with E-state index in [0.717, 1.165) is 39.3 Å². The highest BCUT2D eigenvalue weighted by molar-refractivity contribution is 4.90. The molecule has 0 aromatic carbocycles. The van der Waals surface area contributed by atoms with Crippen molar-refractivity contribution < 1.29 is 9.47 Å². The fraction of sp³-hybridized carbons (Fsp3) is 1.00. The zero-order chi connectivity index (χ0) is 12.1. The lowest BCUT2D eigenvalue weighted by Crippen LogP contribution is -2.52. The molecule has 0 aromatic heterocycles. The van der Waals surface area contributed by atoms with Crippen LogP contribution in [0.5, 0.6) is 0 Å². The van der Waals surface area contributed by atoms with Crippen molar-refractivity contribution in [1.29, 1.82) is 0 Å². The first-order valence-electron chi connectivity index (χ1n) is 6.86. The second kappa shape index (κ2) is 6.14. The Kier molecular flexibility index (Phi) is 4.79. The number of nitrogens with one attached hydrogen (secondary N) is 1. The molecular weight excluding hydrogens is 216 g/mol. The van der Waals surface area contributed by atoms with Gasteiger partial charge in [0.25, 0.3) is 0 Å². The largest absolute Gasteiger partial charge is 0.378 e. The Morgan fingerprint density at radius 3 is 3.06 bits per heavy atom. The van der Waals surface area contributed by atoms with Crippen molar-refractivity contribution in [2.24, 2.45) is 0 Å². The van der Waals surface area contributed by atoms with E-state index >= 15 is 0 Å². The van der Waals surface area contributed by atoms with E-state index < -0.39 is 0 Å². The minimum Gasteiger partial charge on any atom is -0.378 e. The normalized spacial score (nSPS) is 35.3. The second-order valence-electron chi connectivity index (χ2n) is 5.32. The molecule has 2 rings (SSSR count). The maximum Gasteiger partial charge on any atom is 0.106 e. The third-order valence-electron chi connectivity index (χ3n) is 4.01. The molecule has 0 aliphatic carbocycles. The fourth-order valence-electron chi connectivity index (χ4n) is 3.00. The number of likely N-dealkylation sites (N-methyl/N-ethyl adjacent to an activating group) is 1. The molecule has 1 N–H and O–H groups in total.